The van der Waals surface area contributed by atoms with Crippen molar-refractivity contribution in [3.63, 3.8) is 0 Å². The zero-order chi connectivity index (χ0) is 21.8. The van der Waals surface area contributed by atoms with Crippen LogP contribution in [0.1, 0.15) is 48.1 Å². The number of aromatic nitrogens is 2. The lowest BCUT2D eigenvalue weighted by Gasteiger charge is -2.32. The third-order valence-electron chi connectivity index (χ3n) is 5.31. The summed E-state index contributed by atoms with van der Waals surface area (Å²) in [5.74, 6) is 0.180. The molecule has 2 heterocycles. The van der Waals surface area contributed by atoms with Crippen molar-refractivity contribution in [2.75, 3.05) is 6.54 Å². The van der Waals surface area contributed by atoms with Crippen molar-refractivity contribution in [3.8, 4) is 0 Å². The molecule has 2 aromatic carbocycles. The minimum atomic E-state index is -3.83. The molecule has 1 saturated heterocycles. The summed E-state index contributed by atoms with van der Waals surface area (Å²) in [6.45, 7) is 2.44. The normalized spacial score (nSPS) is 17.7. The first-order valence-electron chi connectivity index (χ1n) is 10.2. The molecular weight excluding hydrogens is 421 g/mol. The average molecular weight is 446 g/mol. The lowest BCUT2D eigenvalue weighted by Crippen LogP contribution is -2.39. The maximum absolute atomic E-state index is 13.6. The lowest BCUT2D eigenvalue weighted by atomic mass is 10.0. The predicted molar refractivity (Wildman–Crippen MR) is 111 cm³/mol. The summed E-state index contributed by atoms with van der Waals surface area (Å²) in [4.78, 5) is 4.45. The highest BCUT2D eigenvalue weighted by Gasteiger charge is 2.37. The molecule has 7 nitrogen and oxygen atoms in total. The van der Waals surface area contributed by atoms with Gasteiger partial charge in [0.05, 0.1) is 17.5 Å². The van der Waals surface area contributed by atoms with Crippen molar-refractivity contribution in [1.29, 1.82) is 0 Å². The maximum Gasteiger partial charge on any atom is 0.252 e. The van der Waals surface area contributed by atoms with E-state index in [4.69, 9.17) is 9.26 Å². The summed E-state index contributed by atoms with van der Waals surface area (Å²) in [5, 5.41) is 4.02. The number of sulfonamides is 1. The van der Waals surface area contributed by atoms with Gasteiger partial charge in [-0.2, -0.15) is 9.29 Å². The Labute approximate surface area is 180 Å². The Morgan fingerprint density at radius 2 is 1.97 bits per heavy atom. The summed E-state index contributed by atoms with van der Waals surface area (Å²) in [6, 6.07) is 13.0. The Balaban J connectivity index is 1.49. The molecule has 9 heteroatoms. The number of piperidine rings is 1. The molecule has 0 N–H and O–H groups in total. The van der Waals surface area contributed by atoms with Crippen molar-refractivity contribution in [3.05, 3.63) is 77.2 Å². The van der Waals surface area contributed by atoms with E-state index in [0.29, 0.717) is 31.3 Å². The second kappa shape index (κ2) is 9.25. The van der Waals surface area contributed by atoms with E-state index in [-0.39, 0.29) is 17.1 Å². The third kappa shape index (κ3) is 4.84. The smallest absolute Gasteiger partial charge is 0.252 e. The molecule has 0 aliphatic carbocycles. The van der Waals surface area contributed by atoms with Crippen LogP contribution in [-0.2, 0) is 28.0 Å². The van der Waals surface area contributed by atoms with E-state index in [0.717, 1.165) is 18.4 Å². The predicted octanol–water partition coefficient (Wildman–Crippen LogP) is 4.15. The summed E-state index contributed by atoms with van der Waals surface area (Å²) in [6.07, 6.45) is 2.18. The number of ether oxygens (including phenoxy) is 1. The standard InChI is InChI=1S/C22H24FN3O4S/c1-16-13-18(10-11-19(16)23)31(27,28)26-12-6-5-9-20(26)22-24-21(30-25-22)15-29-14-17-7-3-2-4-8-17/h2-4,7-8,10-11,13,20H,5-6,9,12,14-15H2,1H3. The van der Waals surface area contributed by atoms with E-state index in [1.807, 2.05) is 30.3 Å². The quantitative estimate of drug-likeness (QED) is 0.543. The molecule has 1 unspecified atom stereocenters. The van der Waals surface area contributed by atoms with Crippen LogP contribution in [0.25, 0.3) is 0 Å². The van der Waals surface area contributed by atoms with Gasteiger partial charge in [0.2, 0.25) is 10.0 Å². The number of benzene rings is 2. The zero-order valence-electron chi connectivity index (χ0n) is 17.2. The number of halogens is 1. The van der Waals surface area contributed by atoms with E-state index >= 15 is 0 Å². The Hall–Kier alpha value is -2.62. The van der Waals surface area contributed by atoms with Crippen LogP contribution < -0.4 is 0 Å². The number of hydrogen-bond acceptors (Lipinski definition) is 6. The molecule has 1 aliphatic heterocycles. The van der Waals surface area contributed by atoms with Gasteiger partial charge < -0.3 is 9.26 Å². The fraction of sp³-hybridized carbons (Fsp3) is 0.364. The molecule has 1 aromatic heterocycles. The SMILES string of the molecule is Cc1cc(S(=O)(=O)N2CCCCC2c2noc(COCc3ccccc3)n2)ccc1F. The van der Waals surface area contributed by atoms with Crippen LogP contribution in [0.15, 0.2) is 57.9 Å². The Morgan fingerprint density at radius 1 is 1.16 bits per heavy atom. The maximum atomic E-state index is 13.6. The first kappa shape index (κ1) is 21.6. The molecule has 0 amide bonds. The molecule has 164 valence electrons. The minimum Gasteiger partial charge on any atom is -0.367 e. The van der Waals surface area contributed by atoms with Gasteiger partial charge in [-0.3, -0.25) is 0 Å². The monoisotopic (exact) mass is 445 g/mol. The average Bonchev–Trinajstić information content (AvgIpc) is 3.25. The second-order valence-corrected chi connectivity index (χ2v) is 9.45. The van der Waals surface area contributed by atoms with Gasteiger partial charge in [0.25, 0.3) is 5.89 Å². The molecule has 1 aliphatic rings. The first-order valence-corrected chi connectivity index (χ1v) is 11.6. The van der Waals surface area contributed by atoms with Crippen LogP contribution in [0.5, 0.6) is 0 Å². The van der Waals surface area contributed by atoms with Crippen LogP contribution in [-0.4, -0.2) is 29.4 Å². The largest absolute Gasteiger partial charge is 0.367 e. The van der Waals surface area contributed by atoms with Gasteiger partial charge in [-0.15, -0.1) is 0 Å². The molecule has 4 rings (SSSR count). The fourth-order valence-electron chi connectivity index (χ4n) is 3.66. The summed E-state index contributed by atoms with van der Waals surface area (Å²) in [7, 11) is -3.83. The van der Waals surface area contributed by atoms with E-state index in [2.05, 4.69) is 10.1 Å². The molecular formula is C22H24FN3O4S. The van der Waals surface area contributed by atoms with E-state index in [1.54, 1.807) is 6.92 Å². The van der Waals surface area contributed by atoms with Crippen LogP contribution in [0.4, 0.5) is 4.39 Å². The Morgan fingerprint density at radius 3 is 2.74 bits per heavy atom. The zero-order valence-corrected chi connectivity index (χ0v) is 18.0. The molecule has 3 aromatic rings. The van der Waals surface area contributed by atoms with E-state index in [9.17, 15) is 12.8 Å². The Kier molecular flexibility index (Phi) is 6.45. The molecule has 0 saturated carbocycles. The van der Waals surface area contributed by atoms with E-state index < -0.39 is 21.9 Å². The highest BCUT2D eigenvalue weighted by molar-refractivity contribution is 7.89. The minimum absolute atomic E-state index is 0.0632. The number of hydrogen-bond donors (Lipinski definition) is 0. The van der Waals surface area contributed by atoms with Gasteiger partial charge in [-0.25, -0.2) is 12.8 Å². The molecule has 0 spiro atoms. The highest BCUT2D eigenvalue weighted by Crippen LogP contribution is 2.34. The van der Waals surface area contributed by atoms with Gasteiger partial charge >= 0.3 is 0 Å². The molecule has 0 radical (unpaired) electrons. The van der Waals surface area contributed by atoms with Crippen LogP contribution in [0, 0.1) is 12.7 Å². The van der Waals surface area contributed by atoms with Crippen molar-refractivity contribution < 1.29 is 22.1 Å². The van der Waals surface area contributed by atoms with Gasteiger partial charge in [0, 0.05) is 6.54 Å². The molecule has 31 heavy (non-hydrogen) atoms. The first-order chi connectivity index (χ1) is 14.9. The summed E-state index contributed by atoms with van der Waals surface area (Å²) >= 11 is 0. The van der Waals surface area contributed by atoms with Crippen molar-refractivity contribution in [2.24, 2.45) is 0 Å². The molecule has 1 fully saturated rings. The van der Waals surface area contributed by atoms with Crippen molar-refractivity contribution >= 4 is 10.0 Å². The third-order valence-corrected chi connectivity index (χ3v) is 7.21. The molecule has 0 bridgehead atoms. The highest BCUT2D eigenvalue weighted by atomic mass is 32.2. The number of aryl methyl sites for hydroxylation is 1. The summed E-state index contributed by atoms with van der Waals surface area (Å²) < 4.78 is 52.5. The van der Waals surface area contributed by atoms with Gasteiger partial charge in [-0.1, -0.05) is 41.9 Å². The summed E-state index contributed by atoms with van der Waals surface area (Å²) in [5.41, 5.74) is 1.31. The Bertz CT molecular complexity index is 1130. The van der Waals surface area contributed by atoms with Crippen LogP contribution in [0.2, 0.25) is 0 Å². The van der Waals surface area contributed by atoms with Crippen LogP contribution in [0.3, 0.4) is 0 Å². The van der Waals surface area contributed by atoms with E-state index in [1.165, 1.54) is 22.5 Å². The lowest BCUT2D eigenvalue weighted by molar-refractivity contribution is 0.0850. The van der Waals surface area contributed by atoms with Gasteiger partial charge in [0.1, 0.15) is 12.4 Å². The number of nitrogens with zero attached hydrogens (tertiary/aromatic N) is 3. The topological polar surface area (TPSA) is 85.5 Å². The van der Waals surface area contributed by atoms with Crippen molar-refractivity contribution in [1.82, 2.24) is 14.4 Å². The fourth-order valence-corrected chi connectivity index (χ4v) is 5.40. The van der Waals surface area contributed by atoms with Crippen molar-refractivity contribution in [2.45, 2.75) is 50.3 Å². The molecule has 1 atom stereocenters. The second-order valence-electron chi connectivity index (χ2n) is 7.56. The van der Waals surface area contributed by atoms with Gasteiger partial charge in [0.15, 0.2) is 5.82 Å². The van der Waals surface area contributed by atoms with Crippen LogP contribution >= 0.6 is 0 Å². The number of rotatable bonds is 7. The van der Waals surface area contributed by atoms with Gasteiger partial charge in [-0.05, 0) is 49.1 Å².